The molecule has 1 saturated heterocycles. The second kappa shape index (κ2) is 6.33. The maximum absolute atomic E-state index is 12.4. The maximum atomic E-state index is 12.4. The van der Waals surface area contributed by atoms with Gasteiger partial charge in [-0.2, -0.15) is 0 Å². The van der Waals surface area contributed by atoms with E-state index < -0.39 is 0 Å². The molecule has 3 rings (SSSR count). The zero-order valence-electron chi connectivity index (χ0n) is 11.9. The summed E-state index contributed by atoms with van der Waals surface area (Å²) < 4.78 is 1.52. The third-order valence-corrected chi connectivity index (χ3v) is 6.11. The van der Waals surface area contributed by atoms with Gasteiger partial charge in [0.25, 0.3) is 0 Å². The fourth-order valence-corrected chi connectivity index (χ4v) is 4.87. The number of imide groups is 1. The van der Waals surface area contributed by atoms with Crippen molar-refractivity contribution in [2.75, 3.05) is 0 Å². The minimum absolute atomic E-state index is 0.0661. The lowest BCUT2D eigenvalue weighted by atomic mass is 9.85. The Bertz CT molecular complexity index is 387. The molecule has 2 aliphatic carbocycles. The van der Waals surface area contributed by atoms with Crippen LogP contribution in [0.15, 0.2) is 12.2 Å². The van der Waals surface area contributed by atoms with Crippen LogP contribution in [-0.2, 0) is 9.59 Å². The first-order chi connectivity index (χ1) is 9.77. The highest BCUT2D eigenvalue weighted by molar-refractivity contribution is 7.98. The molecule has 20 heavy (non-hydrogen) atoms. The average molecular weight is 293 g/mol. The van der Waals surface area contributed by atoms with Gasteiger partial charge >= 0.3 is 0 Å². The van der Waals surface area contributed by atoms with Crippen LogP contribution in [0.5, 0.6) is 0 Å². The second-order valence-corrected chi connectivity index (χ2v) is 7.44. The molecular weight excluding hydrogens is 270 g/mol. The minimum atomic E-state index is -0.0754. The van der Waals surface area contributed by atoms with Crippen molar-refractivity contribution in [1.82, 2.24) is 4.31 Å². The SMILES string of the molecule is O=C1C2CC=CCC2C(=O)N1SC1CCCCCCC1. The van der Waals surface area contributed by atoms with Crippen molar-refractivity contribution in [3.8, 4) is 0 Å². The van der Waals surface area contributed by atoms with Gasteiger partial charge in [0.1, 0.15) is 0 Å². The normalized spacial score (nSPS) is 32.1. The molecule has 1 aliphatic heterocycles. The van der Waals surface area contributed by atoms with E-state index in [1.807, 2.05) is 0 Å². The quantitative estimate of drug-likeness (QED) is 0.442. The Labute approximate surface area is 125 Å². The second-order valence-electron chi connectivity index (χ2n) is 6.20. The number of carbonyl (C=O) groups excluding carboxylic acids is 2. The molecule has 0 radical (unpaired) electrons. The van der Waals surface area contributed by atoms with E-state index >= 15 is 0 Å². The summed E-state index contributed by atoms with van der Waals surface area (Å²) in [6, 6.07) is 0. The van der Waals surface area contributed by atoms with Gasteiger partial charge in [0.05, 0.1) is 11.8 Å². The first kappa shape index (κ1) is 14.2. The molecule has 2 fully saturated rings. The molecule has 2 unspecified atom stereocenters. The Morgan fingerprint density at radius 1 is 0.850 bits per heavy atom. The molecule has 1 heterocycles. The monoisotopic (exact) mass is 293 g/mol. The van der Waals surface area contributed by atoms with Crippen molar-refractivity contribution in [2.45, 2.75) is 63.0 Å². The van der Waals surface area contributed by atoms with Crippen LogP contribution in [0.25, 0.3) is 0 Å². The zero-order valence-corrected chi connectivity index (χ0v) is 12.7. The van der Waals surface area contributed by atoms with E-state index in [4.69, 9.17) is 0 Å². The molecular formula is C16H23NO2S. The first-order valence-electron chi connectivity index (χ1n) is 7.97. The Kier molecular flexibility index (Phi) is 4.49. The molecule has 4 heteroatoms. The summed E-state index contributed by atoms with van der Waals surface area (Å²) >= 11 is 1.54. The van der Waals surface area contributed by atoms with Gasteiger partial charge in [-0.15, -0.1) is 0 Å². The predicted octanol–water partition coefficient (Wildman–Crippen LogP) is 3.70. The van der Waals surface area contributed by atoms with Gasteiger partial charge in [0.15, 0.2) is 0 Å². The molecule has 110 valence electrons. The zero-order chi connectivity index (χ0) is 13.9. The number of allylic oxidation sites excluding steroid dienone is 2. The number of nitrogens with zero attached hydrogens (tertiary/aromatic N) is 1. The summed E-state index contributed by atoms with van der Waals surface area (Å²) in [6.07, 6.45) is 14.3. The van der Waals surface area contributed by atoms with Gasteiger partial charge in [-0.1, -0.05) is 44.3 Å². The van der Waals surface area contributed by atoms with Crippen LogP contribution in [0.3, 0.4) is 0 Å². The predicted molar refractivity (Wildman–Crippen MR) is 80.9 cm³/mol. The van der Waals surface area contributed by atoms with Gasteiger partial charge in [-0.3, -0.25) is 9.59 Å². The summed E-state index contributed by atoms with van der Waals surface area (Å²) in [5, 5.41) is 0.455. The first-order valence-corrected chi connectivity index (χ1v) is 8.80. The third kappa shape index (κ3) is 2.80. The topological polar surface area (TPSA) is 37.4 Å². The van der Waals surface area contributed by atoms with Crippen LogP contribution in [0.2, 0.25) is 0 Å². The van der Waals surface area contributed by atoms with Crippen LogP contribution in [0.4, 0.5) is 0 Å². The summed E-state index contributed by atoms with van der Waals surface area (Å²) in [6.45, 7) is 0. The van der Waals surface area contributed by atoms with Crippen LogP contribution in [-0.4, -0.2) is 21.4 Å². The molecule has 2 amide bonds. The molecule has 3 nitrogen and oxygen atoms in total. The summed E-state index contributed by atoms with van der Waals surface area (Å²) in [4.78, 5) is 24.9. The lowest BCUT2D eigenvalue weighted by Crippen LogP contribution is -2.27. The smallest absolute Gasteiger partial charge is 0.243 e. The maximum Gasteiger partial charge on any atom is 0.243 e. The van der Waals surface area contributed by atoms with Gasteiger partial charge in [-0.05, 0) is 37.6 Å². The van der Waals surface area contributed by atoms with Crippen molar-refractivity contribution in [3.05, 3.63) is 12.2 Å². The Hall–Kier alpha value is -0.770. The Morgan fingerprint density at radius 2 is 1.35 bits per heavy atom. The fraction of sp³-hybridized carbons (Fsp3) is 0.750. The highest BCUT2D eigenvalue weighted by Gasteiger charge is 2.48. The van der Waals surface area contributed by atoms with E-state index in [0.29, 0.717) is 5.25 Å². The van der Waals surface area contributed by atoms with E-state index in [2.05, 4.69) is 12.2 Å². The van der Waals surface area contributed by atoms with Gasteiger partial charge in [-0.25, -0.2) is 4.31 Å². The molecule has 0 bridgehead atoms. The lowest BCUT2D eigenvalue weighted by molar-refractivity contribution is -0.133. The summed E-state index contributed by atoms with van der Waals surface area (Å²) in [5.74, 6) is -0.0186. The molecule has 0 aromatic rings. The van der Waals surface area contributed by atoms with Crippen LogP contribution in [0, 0.1) is 11.8 Å². The number of hydrogen-bond acceptors (Lipinski definition) is 3. The number of fused-ring (bicyclic) bond motifs is 1. The van der Waals surface area contributed by atoms with Crippen molar-refractivity contribution in [2.24, 2.45) is 11.8 Å². The fourth-order valence-electron chi connectivity index (χ4n) is 3.55. The number of carbonyl (C=O) groups is 2. The van der Waals surface area contributed by atoms with Crippen molar-refractivity contribution in [1.29, 1.82) is 0 Å². The Morgan fingerprint density at radius 3 is 1.90 bits per heavy atom. The van der Waals surface area contributed by atoms with Crippen molar-refractivity contribution >= 4 is 23.8 Å². The van der Waals surface area contributed by atoms with E-state index in [1.165, 1.54) is 48.4 Å². The number of rotatable bonds is 2. The summed E-state index contributed by atoms with van der Waals surface area (Å²) in [7, 11) is 0. The molecule has 1 saturated carbocycles. The van der Waals surface area contributed by atoms with Gasteiger partial charge in [0.2, 0.25) is 11.8 Å². The largest absolute Gasteiger partial charge is 0.273 e. The lowest BCUT2D eigenvalue weighted by Gasteiger charge is -2.23. The standard InChI is InChI=1S/C16H23NO2S/c18-15-13-10-6-7-11-14(13)16(19)17(15)20-12-8-4-2-1-3-5-9-12/h6-7,12-14H,1-5,8-11H2. The minimum Gasteiger partial charge on any atom is -0.273 e. The Balaban J connectivity index is 1.64. The van der Waals surface area contributed by atoms with Crippen LogP contribution < -0.4 is 0 Å². The number of amides is 2. The van der Waals surface area contributed by atoms with Crippen molar-refractivity contribution in [3.63, 3.8) is 0 Å². The van der Waals surface area contributed by atoms with Gasteiger partial charge in [0, 0.05) is 5.25 Å². The van der Waals surface area contributed by atoms with Gasteiger partial charge < -0.3 is 0 Å². The van der Waals surface area contributed by atoms with E-state index in [9.17, 15) is 9.59 Å². The van der Waals surface area contributed by atoms with E-state index in [1.54, 1.807) is 0 Å². The summed E-state index contributed by atoms with van der Waals surface area (Å²) in [5.41, 5.74) is 0. The van der Waals surface area contributed by atoms with Crippen LogP contribution >= 0.6 is 11.9 Å². The van der Waals surface area contributed by atoms with E-state index in [0.717, 1.165) is 25.7 Å². The molecule has 0 aromatic carbocycles. The molecule has 2 atom stereocenters. The third-order valence-electron chi connectivity index (χ3n) is 4.77. The number of hydrogen-bond donors (Lipinski definition) is 0. The van der Waals surface area contributed by atoms with Crippen molar-refractivity contribution < 1.29 is 9.59 Å². The van der Waals surface area contributed by atoms with E-state index in [-0.39, 0.29) is 23.7 Å². The highest BCUT2D eigenvalue weighted by atomic mass is 32.2. The highest BCUT2D eigenvalue weighted by Crippen LogP contribution is 2.41. The average Bonchev–Trinajstić information content (AvgIpc) is 2.67. The van der Waals surface area contributed by atoms with Crippen LogP contribution in [0.1, 0.15) is 57.8 Å². The molecule has 0 N–H and O–H groups in total. The molecule has 3 aliphatic rings. The molecule has 0 spiro atoms. The molecule has 0 aromatic heterocycles.